The van der Waals surface area contributed by atoms with Gasteiger partial charge in [-0.3, -0.25) is 0 Å². The minimum atomic E-state index is -3.00. The Morgan fingerprint density at radius 3 is 1.18 bits per heavy atom. The maximum atomic E-state index is 13.2. The third-order valence-corrected chi connectivity index (χ3v) is 3.54. The van der Waals surface area contributed by atoms with E-state index in [4.69, 9.17) is 0 Å². The van der Waals surface area contributed by atoms with Gasteiger partial charge in [0.2, 0.25) is 0 Å². The lowest BCUT2D eigenvalue weighted by atomic mass is 9.82. The van der Waals surface area contributed by atoms with Crippen LogP contribution in [0.2, 0.25) is 0 Å². The molecule has 0 aliphatic carbocycles. The summed E-state index contributed by atoms with van der Waals surface area (Å²) >= 11 is 1.40. The average Bonchev–Trinajstić information content (AvgIpc) is 1.58. The van der Waals surface area contributed by atoms with E-state index >= 15 is 0 Å². The Labute approximate surface area is 78.7 Å². The number of alkyl halides is 4. The molecule has 0 saturated heterocycles. The zero-order valence-electron chi connectivity index (χ0n) is 7.01. The van der Waals surface area contributed by atoms with Crippen LogP contribution in [0.15, 0.2) is 0 Å². The highest BCUT2D eigenvalue weighted by Gasteiger charge is 2.54. The summed E-state index contributed by atoms with van der Waals surface area (Å²) in [6, 6.07) is 0. The second-order valence-electron chi connectivity index (χ2n) is 3.40. The van der Waals surface area contributed by atoms with Gasteiger partial charge in [-0.15, -0.1) is 0 Å². The second kappa shape index (κ2) is 2.78. The summed E-state index contributed by atoms with van der Waals surface area (Å²) in [6.07, 6.45) is 0. The smallest absolute Gasteiger partial charge is 0.232 e. The molecule has 68 valence electrons. The molecule has 4 heteroatoms. The van der Waals surface area contributed by atoms with Gasteiger partial charge in [-0.1, -0.05) is 13.8 Å². The third-order valence-electron chi connectivity index (χ3n) is 2.19. The van der Waals surface area contributed by atoms with E-state index in [0.717, 1.165) is 13.8 Å². The Hall–Kier alpha value is 0.520. The quantitative estimate of drug-likeness (QED) is 0.533. The number of halogens is 4. The van der Waals surface area contributed by atoms with Crippen LogP contribution >= 0.6 is 22.6 Å². The molecule has 0 aromatic heterocycles. The summed E-state index contributed by atoms with van der Waals surface area (Å²) in [6.45, 7) is 4.34. The van der Waals surface area contributed by atoms with E-state index in [9.17, 15) is 13.2 Å². The van der Waals surface area contributed by atoms with Crippen LogP contribution in [0, 0.1) is 5.41 Å². The van der Waals surface area contributed by atoms with Crippen LogP contribution in [-0.4, -0.2) is 9.60 Å². The highest BCUT2D eigenvalue weighted by Crippen LogP contribution is 2.49. The predicted molar refractivity (Wildman–Crippen MR) is 47.9 cm³/mol. The fourth-order valence-corrected chi connectivity index (χ4v) is 0.859. The first-order chi connectivity index (χ1) is 4.50. The molecule has 0 radical (unpaired) electrons. The minimum absolute atomic E-state index is 0.740. The monoisotopic (exact) mass is 280 g/mol. The minimum Gasteiger partial charge on any atom is -0.232 e. The van der Waals surface area contributed by atoms with Crippen molar-refractivity contribution in [2.24, 2.45) is 5.41 Å². The van der Waals surface area contributed by atoms with Crippen molar-refractivity contribution in [2.45, 2.75) is 37.3 Å². The normalized spacial score (nSPS) is 19.6. The van der Waals surface area contributed by atoms with Crippen molar-refractivity contribution in [3.05, 3.63) is 0 Å². The lowest BCUT2D eigenvalue weighted by Crippen LogP contribution is -2.45. The van der Waals surface area contributed by atoms with Crippen LogP contribution in [0.4, 0.5) is 13.2 Å². The van der Waals surface area contributed by atoms with Crippen LogP contribution in [0.25, 0.3) is 0 Å². The molecule has 0 bridgehead atoms. The van der Waals surface area contributed by atoms with Crippen molar-refractivity contribution in [3.8, 4) is 0 Å². The molecule has 0 nitrogen and oxygen atoms in total. The first-order valence-electron chi connectivity index (χ1n) is 3.26. The lowest BCUT2D eigenvalue weighted by molar-refractivity contribution is -0.124. The van der Waals surface area contributed by atoms with Gasteiger partial charge in [0.1, 0.15) is 0 Å². The number of rotatable bonds is 2. The highest BCUT2D eigenvalue weighted by molar-refractivity contribution is 14.1. The zero-order chi connectivity index (χ0) is 9.50. The Bertz CT molecular complexity index is 125. The Balaban J connectivity index is 4.75. The van der Waals surface area contributed by atoms with Crippen molar-refractivity contribution < 1.29 is 13.2 Å². The molecule has 0 spiro atoms. The fraction of sp³-hybridized carbons (Fsp3) is 1.00. The fourth-order valence-electron chi connectivity index (χ4n) is 0.385. The molecule has 0 rings (SSSR count). The van der Waals surface area contributed by atoms with Crippen LogP contribution in [0.3, 0.4) is 0 Å². The maximum absolute atomic E-state index is 13.2. The van der Waals surface area contributed by atoms with Crippen LogP contribution in [0.5, 0.6) is 0 Å². The largest absolute Gasteiger partial charge is 0.254 e. The van der Waals surface area contributed by atoms with E-state index in [1.165, 1.54) is 36.4 Å². The SMILES string of the molecule is CC(F)(F)C(C)(C)C(C)(F)I. The number of hydrogen-bond donors (Lipinski definition) is 0. The molecule has 0 aliphatic rings. The lowest BCUT2D eigenvalue weighted by Gasteiger charge is -2.38. The molecule has 1 unspecified atom stereocenters. The van der Waals surface area contributed by atoms with E-state index in [2.05, 4.69) is 0 Å². The molecular weight excluding hydrogens is 268 g/mol. The van der Waals surface area contributed by atoms with Crippen molar-refractivity contribution in [1.29, 1.82) is 0 Å². The molecule has 0 fully saturated rings. The summed E-state index contributed by atoms with van der Waals surface area (Å²) in [7, 11) is 0. The van der Waals surface area contributed by atoms with Crippen molar-refractivity contribution in [1.82, 2.24) is 0 Å². The molecule has 1 atom stereocenters. The van der Waals surface area contributed by atoms with Crippen molar-refractivity contribution >= 4 is 22.6 Å². The maximum Gasteiger partial charge on any atom is 0.254 e. The van der Waals surface area contributed by atoms with Gasteiger partial charge in [0, 0.05) is 6.92 Å². The first kappa shape index (κ1) is 11.5. The highest BCUT2D eigenvalue weighted by atomic mass is 127. The molecule has 0 aliphatic heterocycles. The molecule has 0 heterocycles. The molecular formula is C7H12F3I. The van der Waals surface area contributed by atoms with Crippen LogP contribution < -0.4 is 0 Å². The van der Waals surface area contributed by atoms with Gasteiger partial charge in [0.15, 0.2) is 3.68 Å². The van der Waals surface area contributed by atoms with Gasteiger partial charge in [0.25, 0.3) is 5.92 Å². The van der Waals surface area contributed by atoms with E-state index in [0.29, 0.717) is 0 Å². The molecule has 0 saturated carbocycles. The molecule has 11 heavy (non-hydrogen) atoms. The van der Waals surface area contributed by atoms with Gasteiger partial charge in [-0.05, 0) is 29.5 Å². The summed E-state index contributed by atoms with van der Waals surface area (Å²) in [4.78, 5) is 0. The van der Waals surface area contributed by atoms with Gasteiger partial charge in [-0.25, -0.2) is 13.2 Å². The van der Waals surface area contributed by atoms with Gasteiger partial charge in [-0.2, -0.15) is 0 Å². The van der Waals surface area contributed by atoms with E-state index in [1.807, 2.05) is 0 Å². The molecule has 0 aromatic rings. The summed E-state index contributed by atoms with van der Waals surface area (Å²) in [5, 5.41) is 0. The number of hydrogen-bond acceptors (Lipinski definition) is 0. The topological polar surface area (TPSA) is 0 Å². The third kappa shape index (κ3) is 2.23. The summed E-state index contributed by atoms with van der Waals surface area (Å²) in [5.74, 6) is -3.00. The Kier molecular flexibility index (Phi) is 2.91. The second-order valence-corrected chi connectivity index (χ2v) is 5.43. The van der Waals surface area contributed by atoms with E-state index in [-0.39, 0.29) is 0 Å². The first-order valence-corrected chi connectivity index (χ1v) is 4.33. The molecule has 0 amide bonds. The van der Waals surface area contributed by atoms with Crippen molar-refractivity contribution in [3.63, 3.8) is 0 Å². The summed E-state index contributed by atoms with van der Waals surface area (Å²) in [5.41, 5.74) is -1.64. The zero-order valence-corrected chi connectivity index (χ0v) is 9.17. The van der Waals surface area contributed by atoms with Crippen LogP contribution in [0.1, 0.15) is 27.7 Å². The van der Waals surface area contributed by atoms with Gasteiger partial charge >= 0.3 is 0 Å². The average molecular weight is 280 g/mol. The van der Waals surface area contributed by atoms with Crippen molar-refractivity contribution in [2.75, 3.05) is 0 Å². The molecule has 0 N–H and O–H groups in total. The van der Waals surface area contributed by atoms with Gasteiger partial charge in [0.05, 0.1) is 5.41 Å². The van der Waals surface area contributed by atoms with E-state index in [1.54, 1.807) is 0 Å². The standard InChI is InChI=1S/C7H12F3I/c1-5(2,6(3,8)9)7(4,10)11/h1-4H3. The van der Waals surface area contributed by atoms with E-state index < -0.39 is 15.0 Å². The Morgan fingerprint density at radius 1 is 0.909 bits per heavy atom. The van der Waals surface area contributed by atoms with Gasteiger partial charge < -0.3 is 0 Å². The predicted octanol–water partition coefficient (Wildman–Crippen LogP) is 3.79. The molecule has 0 aromatic carbocycles. The summed E-state index contributed by atoms with van der Waals surface area (Å²) < 4.78 is 36.8. The Morgan fingerprint density at radius 2 is 1.18 bits per heavy atom. The van der Waals surface area contributed by atoms with Crippen LogP contribution in [-0.2, 0) is 0 Å².